The fourth-order valence-corrected chi connectivity index (χ4v) is 3.59. The monoisotopic (exact) mass is 368 g/mol. The summed E-state index contributed by atoms with van der Waals surface area (Å²) < 4.78 is 26.6. The quantitative estimate of drug-likeness (QED) is 0.337. The first kappa shape index (κ1) is 16.5. The van der Waals surface area contributed by atoms with Crippen LogP contribution in [0.25, 0.3) is 44.1 Å². The van der Waals surface area contributed by atoms with Crippen LogP contribution in [0.5, 0.6) is 0 Å². The number of nitrogens with zero attached hydrogens (tertiary/aromatic N) is 2. The molecule has 28 heavy (non-hydrogen) atoms. The van der Waals surface area contributed by atoms with Gasteiger partial charge in [-0.3, -0.25) is 9.97 Å². The second kappa shape index (κ2) is 6.50. The summed E-state index contributed by atoms with van der Waals surface area (Å²) in [5.74, 6) is -0.531. The highest BCUT2D eigenvalue weighted by atomic mass is 19.1. The molecule has 0 fully saturated rings. The lowest BCUT2D eigenvalue weighted by atomic mass is 9.96. The Hall–Kier alpha value is -3.66. The molecule has 0 aliphatic heterocycles. The summed E-state index contributed by atoms with van der Waals surface area (Å²) >= 11 is 0. The van der Waals surface area contributed by atoms with Gasteiger partial charge in [0.1, 0.15) is 11.6 Å². The van der Waals surface area contributed by atoms with Crippen LogP contribution in [-0.4, -0.2) is 9.97 Å². The summed E-state index contributed by atoms with van der Waals surface area (Å²) in [6.45, 7) is 0. The third kappa shape index (κ3) is 2.70. The second-order valence-electron chi connectivity index (χ2n) is 6.59. The van der Waals surface area contributed by atoms with Gasteiger partial charge in [-0.25, -0.2) is 8.78 Å². The van der Waals surface area contributed by atoms with Crippen molar-refractivity contribution in [2.24, 2.45) is 0 Å². The van der Waals surface area contributed by atoms with Crippen LogP contribution < -0.4 is 0 Å². The fourth-order valence-electron chi connectivity index (χ4n) is 3.59. The summed E-state index contributed by atoms with van der Waals surface area (Å²) in [6.07, 6.45) is 3.49. The summed E-state index contributed by atoms with van der Waals surface area (Å²) in [5, 5.41) is 1.90. The van der Waals surface area contributed by atoms with E-state index < -0.39 is 0 Å². The van der Waals surface area contributed by atoms with Crippen molar-refractivity contribution in [1.82, 2.24) is 9.97 Å². The Labute approximate surface area is 160 Å². The number of benzene rings is 3. The van der Waals surface area contributed by atoms with Crippen molar-refractivity contribution in [3.8, 4) is 22.3 Å². The Bertz CT molecular complexity index is 1210. The molecule has 0 saturated carbocycles. The number of fused-ring (bicyclic) bond motifs is 3. The van der Waals surface area contributed by atoms with E-state index in [0.29, 0.717) is 0 Å². The first-order valence-electron chi connectivity index (χ1n) is 8.89. The molecular formula is C24H14F2N2. The van der Waals surface area contributed by atoms with E-state index in [2.05, 4.69) is 9.97 Å². The Morgan fingerprint density at radius 2 is 0.857 bits per heavy atom. The van der Waals surface area contributed by atoms with E-state index in [1.165, 1.54) is 24.3 Å². The minimum Gasteiger partial charge on any atom is -0.254 e. The smallest absolute Gasteiger partial charge is 0.123 e. The fraction of sp³-hybridized carbons (Fsp3) is 0. The maximum atomic E-state index is 13.3. The van der Waals surface area contributed by atoms with Crippen LogP contribution in [-0.2, 0) is 0 Å². The van der Waals surface area contributed by atoms with Crippen LogP contribution in [0, 0.1) is 11.6 Å². The molecule has 0 N–H and O–H groups in total. The van der Waals surface area contributed by atoms with Gasteiger partial charge in [-0.2, -0.15) is 0 Å². The van der Waals surface area contributed by atoms with E-state index in [0.717, 1.165) is 44.1 Å². The third-order valence-corrected chi connectivity index (χ3v) is 4.93. The van der Waals surface area contributed by atoms with Crippen LogP contribution in [0.4, 0.5) is 8.78 Å². The molecule has 0 saturated heterocycles. The van der Waals surface area contributed by atoms with Crippen molar-refractivity contribution >= 4 is 21.8 Å². The van der Waals surface area contributed by atoms with E-state index in [9.17, 15) is 8.78 Å². The number of aromatic nitrogens is 2. The lowest BCUT2D eigenvalue weighted by Gasteiger charge is -2.11. The Kier molecular flexibility index (Phi) is 3.83. The second-order valence-corrected chi connectivity index (χ2v) is 6.59. The molecule has 0 amide bonds. The van der Waals surface area contributed by atoms with Crippen molar-refractivity contribution in [2.45, 2.75) is 0 Å². The average Bonchev–Trinajstić information content (AvgIpc) is 2.74. The van der Waals surface area contributed by atoms with Crippen molar-refractivity contribution < 1.29 is 8.78 Å². The van der Waals surface area contributed by atoms with Gasteiger partial charge < -0.3 is 0 Å². The van der Waals surface area contributed by atoms with Crippen molar-refractivity contribution in [2.75, 3.05) is 0 Å². The lowest BCUT2D eigenvalue weighted by Crippen LogP contribution is -1.90. The number of hydrogen-bond acceptors (Lipinski definition) is 2. The van der Waals surface area contributed by atoms with E-state index >= 15 is 0 Å². The molecule has 5 rings (SSSR count). The molecule has 0 atom stereocenters. The van der Waals surface area contributed by atoms with Gasteiger partial charge in [0.05, 0.1) is 11.0 Å². The third-order valence-electron chi connectivity index (χ3n) is 4.93. The molecule has 134 valence electrons. The van der Waals surface area contributed by atoms with Gasteiger partial charge in [-0.1, -0.05) is 36.4 Å². The van der Waals surface area contributed by atoms with Gasteiger partial charge in [0.15, 0.2) is 0 Å². The van der Waals surface area contributed by atoms with E-state index in [-0.39, 0.29) is 11.6 Å². The van der Waals surface area contributed by atoms with Crippen molar-refractivity contribution in [1.29, 1.82) is 0 Å². The minimum absolute atomic E-state index is 0.266. The highest BCUT2D eigenvalue weighted by Crippen LogP contribution is 2.34. The van der Waals surface area contributed by atoms with Crippen LogP contribution in [0.15, 0.2) is 85.2 Å². The SMILES string of the molecule is Fc1ccc(-c2ccnc3c2ccc2c(-c4ccc(F)cc4)ccnc23)cc1. The maximum absolute atomic E-state index is 13.3. The molecule has 4 heteroatoms. The van der Waals surface area contributed by atoms with Gasteiger partial charge in [0, 0.05) is 23.2 Å². The van der Waals surface area contributed by atoms with Gasteiger partial charge in [0.2, 0.25) is 0 Å². The van der Waals surface area contributed by atoms with Crippen LogP contribution in [0.1, 0.15) is 0 Å². The Morgan fingerprint density at radius 1 is 0.464 bits per heavy atom. The number of rotatable bonds is 2. The predicted molar refractivity (Wildman–Crippen MR) is 108 cm³/mol. The zero-order chi connectivity index (χ0) is 19.1. The van der Waals surface area contributed by atoms with E-state index in [1.54, 1.807) is 36.7 Å². The van der Waals surface area contributed by atoms with Crippen LogP contribution in [0.2, 0.25) is 0 Å². The lowest BCUT2D eigenvalue weighted by molar-refractivity contribution is 0.627. The highest BCUT2D eigenvalue weighted by Gasteiger charge is 2.12. The summed E-state index contributed by atoms with van der Waals surface area (Å²) in [5.41, 5.74) is 5.35. The van der Waals surface area contributed by atoms with Crippen LogP contribution in [0.3, 0.4) is 0 Å². The largest absolute Gasteiger partial charge is 0.254 e. The number of hydrogen-bond donors (Lipinski definition) is 0. The summed E-state index contributed by atoms with van der Waals surface area (Å²) in [7, 11) is 0. The summed E-state index contributed by atoms with van der Waals surface area (Å²) in [4.78, 5) is 9.13. The summed E-state index contributed by atoms with van der Waals surface area (Å²) in [6, 6.07) is 20.7. The van der Waals surface area contributed by atoms with Gasteiger partial charge in [-0.05, 0) is 58.7 Å². The minimum atomic E-state index is -0.266. The van der Waals surface area contributed by atoms with Gasteiger partial charge in [0.25, 0.3) is 0 Å². The Balaban J connectivity index is 1.77. The number of halogens is 2. The van der Waals surface area contributed by atoms with Gasteiger partial charge in [-0.15, -0.1) is 0 Å². The molecule has 2 heterocycles. The molecule has 0 radical (unpaired) electrons. The van der Waals surface area contributed by atoms with E-state index in [1.807, 2.05) is 24.3 Å². The molecule has 0 spiro atoms. The van der Waals surface area contributed by atoms with Crippen LogP contribution >= 0.6 is 0 Å². The first-order chi connectivity index (χ1) is 13.7. The van der Waals surface area contributed by atoms with E-state index in [4.69, 9.17) is 0 Å². The normalized spacial score (nSPS) is 11.2. The van der Waals surface area contributed by atoms with Crippen molar-refractivity contribution in [3.05, 3.63) is 96.8 Å². The molecule has 5 aromatic rings. The highest BCUT2D eigenvalue weighted by molar-refractivity contribution is 6.11. The Morgan fingerprint density at radius 3 is 1.25 bits per heavy atom. The molecule has 2 aromatic heterocycles. The first-order valence-corrected chi connectivity index (χ1v) is 8.89. The molecule has 2 nitrogen and oxygen atoms in total. The zero-order valence-corrected chi connectivity index (χ0v) is 14.7. The molecule has 0 unspecified atom stereocenters. The predicted octanol–water partition coefficient (Wildman–Crippen LogP) is 6.40. The topological polar surface area (TPSA) is 25.8 Å². The van der Waals surface area contributed by atoms with Gasteiger partial charge >= 0.3 is 0 Å². The maximum Gasteiger partial charge on any atom is 0.123 e. The molecule has 0 aliphatic carbocycles. The molecule has 0 aliphatic rings. The molecule has 0 bridgehead atoms. The number of pyridine rings is 2. The zero-order valence-electron chi connectivity index (χ0n) is 14.7. The standard InChI is InChI=1S/C24H14F2N2/c25-17-5-1-15(2-6-17)19-11-13-27-23-21(19)9-10-22-20(12-14-28-24(22)23)16-3-7-18(26)8-4-16/h1-14H. The molecular weight excluding hydrogens is 354 g/mol. The average molecular weight is 368 g/mol. The molecule has 3 aromatic carbocycles. The van der Waals surface area contributed by atoms with Crippen molar-refractivity contribution in [3.63, 3.8) is 0 Å².